The zero-order valence-corrected chi connectivity index (χ0v) is 12.8. The first kappa shape index (κ1) is 17.0. The van der Waals surface area contributed by atoms with Crippen molar-refractivity contribution in [1.29, 1.82) is 0 Å². The molecule has 0 radical (unpaired) electrons. The molecule has 0 atom stereocenters. The summed E-state index contributed by atoms with van der Waals surface area (Å²) in [4.78, 5) is 11.8. The summed E-state index contributed by atoms with van der Waals surface area (Å²) >= 11 is 2.99. The third-order valence-electron chi connectivity index (χ3n) is 2.85. The lowest BCUT2D eigenvalue weighted by Crippen LogP contribution is -2.27. The maximum Gasteiger partial charge on any atom is 0.417 e. The fraction of sp³-hybridized carbons (Fsp3) is 0.500. The Morgan fingerprint density at radius 3 is 2.55 bits per heavy atom. The number of rotatable bonds is 6. The number of carbonyl (C=O) groups is 1. The first-order valence-corrected chi connectivity index (χ1v) is 7.30. The molecule has 0 heterocycles. The standard InChI is InChI=1S/C14H17BrF3NO/c1-2-3-4-5-8-19-13(20)11-7-6-10(15)9-12(11)14(16,17)18/h6-7,9H,2-5,8H2,1H3,(H,19,20). The Kier molecular flexibility index (Phi) is 6.52. The van der Waals surface area contributed by atoms with Crippen LogP contribution in [0.1, 0.15) is 48.5 Å². The van der Waals surface area contributed by atoms with Crippen molar-refractivity contribution in [1.82, 2.24) is 5.32 Å². The van der Waals surface area contributed by atoms with Gasteiger partial charge in [-0.25, -0.2) is 0 Å². The summed E-state index contributed by atoms with van der Waals surface area (Å²) in [7, 11) is 0. The van der Waals surface area contributed by atoms with Gasteiger partial charge in [-0.3, -0.25) is 4.79 Å². The maximum absolute atomic E-state index is 12.9. The Morgan fingerprint density at radius 1 is 1.25 bits per heavy atom. The molecule has 1 amide bonds. The predicted octanol–water partition coefficient (Wildman–Crippen LogP) is 4.78. The third-order valence-corrected chi connectivity index (χ3v) is 3.34. The molecular weight excluding hydrogens is 335 g/mol. The van der Waals surface area contributed by atoms with Crippen LogP contribution < -0.4 is 5.32 Å². The molecule has 1 aromatic carbocycles. The number of halogens is 4. The summed E-state index contributed by atoms with van der Waals surface area (Å²) in [6.07, 6.45) is -0.680. The molecule has 0 aliphatic heterocycles. The summed E-state index contributed by atoms with van der Waals surface area (Å²) in [6.45, 7) is 2.46. The number of hydrogen-bond acceptors (Lipinski definition) is 1. The molecule has 0 saturated heterocycles. The fourth-order valence-electron chi connectivity index (χ4n) is 1.80. The molecule has 0 aromatic heterocycles. The number of benzene rings is 1. The van der Waals surface area contributed by atoms with Crippen LogP contribution in [0, 0.1) is 0 Å². The van der Waals surface area contributed by atoms with Crippen molar-refractivity contribution in [3.63, 3.8) is 0 Å². The SMILES string of the molecule is CCCCCCNC(=O)c1ccc(Br)cc1C(F)(F)F. The van der Waals surface area contributed by atoms with E-state index < -0.39 is 17.6 Å². The molecule has 0 aliphatic carbocycles. The zero-order valence-electron chi connectivity index (χ0n) is 11.2. The van der Waals surface area contributed by atoms with E-state index >= 15 is 0 Å². The Bertz CT molecular complexity index is 460. The normalized spacial score (nSPS) is 11.4. The van der Waals surface area contributed by atoms with E-state index in [9.17, 15) is 18.0 Å². The van der Waals surface area contributed by atoms with Crippen molar-refractivity contribution in [3.05, 3.63) is 33.8 Å². The van der Waals surface area contributed by atoms with Crippen LogP contribution in [0.15, 0.2) is 22.7 Å². The molecule has 0 unspecified atom stereocenters. The summed E-state index contributed by atoms with van der Waals surface area (Å²) in [5.74, 6) is -0.679. The van der Waals surface area contributed by atoms with Gasteiger partial charge in [0.25, 0.3) is 5.91 Å². The van der Waals surface area contributed by atoms with Gasteiger partial charge in [0.2, 0.25) is 0 Å². The highest BCUT2D eigenvalue weighted by Crippen LogP contribution is 2.33. The van der Waals surface area contributed by atoms with Crippen LogP contribution in [0.5, 0.6) is 0 Å². The number of nitrogens with one attached hydrogen (secondary N) is 1. The van der Waals surface area contributed by atoms with Crippen molar-refractivity contribution in [2.45, 2.75) is 38.8 Å². The van der Waals surface area contributed by atoms with Gasteiger partial charge >= 0.3 is 6.18 Å². The highest BCUT2D eigenvalue weighted by molar-refractivity contribution is 9.10. The summed E-state index contributed by atoms with van der Waals surface area (Å²) in [5.41, 5.74) is -1.26. The Labute approximate surface area is 124 Å². The van der Waals surface area contributed by atoms with E-state index in [-0.39, 0.29) is 5.56 Å². The molecule has 20 heavy (non-hydrogen) atoms. The Balaban J connectivity index is 2.73. The van der Waals surface area contributed by atoms with Crippen LogP contribution in [0.25, 0.3) is 0 Å². The minimum atomic E-state index is -4.54. The van der Waals surface area contributed by atoms with Crippen LogP contribution in [0.3, 0.4) is 0 Å². The number of hydrogen-bond donors (Lipinski definition) is 1. The number of carbonyl (C=O) groups excluding carboxylic acids is 1. The van der Waals surface area contributed by atoms with Crippen molar-refractivity contribution < 1.29 is 18.0 Å². The van der Waals surface area contributed by atoms with E-state index in [1.165, 1.54) is 12.1 Å². The second-order valence-corrected chi connectivity index (χ2v) is 5.42. The summed E-state index contributed by atoms with van der Waals surface area (Å²) < 4.78 is 38.9. The van der Waals surface area contributed by atoms with E-state index in [0.29, 0.717) is 11.0 Å². The highest BCUT2D eigenvalue weighted by Gasteiger charge is 2.35. The quantitative estimate of drug-likeness (QED) is 0.734. The van der Waals surface area contributed by atoms with E-state index in [1.807, 2.05) is 0 Å². The topological polar surface area (TPSA) is 29.1 Å². The lowest BCUT2D eigenvalue weighted by Gasteiger charge is -2.13. The van der Waals surface area contributed by atoms with E-state index in [0.717, 1.165) is 31.7 Å². The van der Waals surface area contributed by atoms with Crippen LogP contribution in [-0.2, 0) is 6.18 Å². The molecule has 6 heteroatoms. The van der Waals surface area contributed by atoms with E-state index in [4.69, 9.17) is 0 Å². The molecule has 1 rings (SSSR count). The van der Waals surface area contributed by atoms with Gasteiger partial charge in [-0.15, -0.1) is 0 Å². The van der Waals surface area contributed by atoms with Gasteiger partial charge in [-0.2, -0.15) is 13.2 Å². The first-order valence-electron chi connectivity index (χ1n) is 6.51. The second kappa shape index (κ2) is 7.67. The lowest BCUT2D eigenvalue weighted by atomic mass is 10.1. The van der Waals surface area contributed by atoms with Crippen LogP contribution in [0.4, 0.5) is 13.2 Å². The van der Waals surface area contributed by atoms with Crippen LogP contribution in [0.2, 0.25) is 0 Å². The first-order chi connectivity index (χ1) is 9.36. The van der Waals surface area contributed by atoms with Gasteiger partial charge in [0.05, 0.1) is 11.1 Å². The molecule has 2 nitrogen and oxygen atoms in total. The minimum Gasteiger partial charge on any atom is -0.352 e. The van der Waals surface area contributed by atoms with Gasteiger partial charge in [0.15, 0.2) is 0 Å². The average Bonchev–Trinajstić information content (AvgIpc) is 2.37. The van der Waals surface area contributed by atoms with Crippen molar-refractivity contribution in [3.8, 4) is 0 Å². The highest BCUT2D eigenvalue weighted by atomic mass is 79.9. The van der Waals surface area contributed by atoms with Gasteiger partial charge in [0, 0.05) is 11.0 Å². The van der Waals surface area contributed by atoms with Gasteiger partial charge in [-0.1, -0.05) is 42.1 Å². The molecule has 0 spiro atoms. The Hall–Kier alpha value is -1.04. The smallest absolute Gasteiger partial charge is 0.352 e. The summed E-state index contributed by atoms with van der Waals surface area (Å²) in [5, 5.41) is 2.54. The summed E-state index contributed by atoms with van der Waals surface area (Å²) in [6, 6.07) is 3.54. The average molecular weight is 352 g/mol. The third kappa shape index (κ3) is 5.15. The molecular formula is C14H17BrF3NO. The van der Waals surface area contributed by atoms with E-state index in [1.54, 1.807) is 0 Å². The monoisotopic (exact) mass is 351 g/mol. The van der Waals surface area contributed by atoms with Crippen LogP contribution in [-0.4, -0.2) is 12.5 Å². The van der Waals surface area contributed by atoms with Gasteiger partial charge < -0.3 is 5.32 Å². The van der Waals surface area contributed by atoms with Crippen molar-refractivity contribution in [2.75, 3.05) is 6.54 Å². The molecule has 1 aromatic rings. The van der Waals surface area contributed by atoms with Gasteiger partial charge in [0.1, 0.15) is 0 Å². The molecule has 1 N–H and O–H groups in total. The molecule has 0 bridgehead atoms. The lowest BCUT2D eigenvalue weighted by molar-refractivity contribution is -0.138. The van der Waals surface area contributed by atoms with Gasteiger partial charge in [-0.05, 0) is 24.6 Å². The maximum atomic E-state index is 12.9. The fourth-order valence-corrected chi connectivity index (χ4v) is 2.16. The zero-order chi connectivity index (χ0) is 15.2. The largest absolute Gasteiger partial charge is 0.417 e. The Morgan fingerprint density at radius 2 is 1.95 bits per heavy atom. The van der Waals surface area contributed by atoms with Crippen molar-refractivity contribution >= 4 is 21.8 Å². The molecule has 0 fully saturated rings. The van der Waals surface area contributed by atoms with Crippen molar-refractivity contribution in [2.24, 2.45) is 0 Å². The van der Waals surface area contributed by atoms with Crippen LogP contribution >= 0.6 is 15.9 Å². The predicted molar refractivity (Wildman–Crippen MR) is 75.6 cm³/mol. The number of unbranched alkanes of at least 4 members (excludes halogenated alkanes) is 3. The number of alkyl halides is 3. The molecule has 0 aliphatic rings. The number of amides is 1. The van der Waals surface area contributed by atoms with E-state index in [2.05, 4.69) is 28.2 Å². The molecule has 112 valence electrons. The second-order valence-electron chi connectivity index (χ2n) is 4.50. The molecule has 0 saturated carbocycles. The minimum absolute atomic E-state index is 0.296.